The third kappa shape index (κ3) is 4.61. The second-order valence-corrected chi connectivity index (χ2v) is 6.78. The van der Waals surface area contributed by atoms with Crippen LogP contribution in [0, 0.1) is 10.1 Å². The Bertz CT molecular complexity index is 935. The molecule has 160 valence electrons. The molecule has 1 aliphatic rings. The molecule has 1 atom stereocenters. The van der Waals surface area contributed by atoms with E-state index in [1.54, 1.807) is 30.0 Å². The van der Waals surface area contributed by atoms with Crippen LogP contribution >= 0.6 is 0 Å². The Kier molecular flexibility index (Phi) is 6.70. The van der Waals surface area contributed by atoms with Crippen LogP contribution in [0.3, 0.4) is 0 Å². The maximum absolute atomic E-state index is 12.9. The number of benzene rings is 2. The van der Waals surface area contributed by atoms with Gasteiger partial charge in [-0.15, -0.1) is 0 Å². The lowest BCUT2D eigenvalue weighted by molar-refractivity contribution is -0.384. The van der Waals surface area contributed by atoms with E-state index in [0.29, 0.717) is 17.2 Å². The van der Waals surface area contributed by atoms with Crippen molar-refractivity contribution in [2.45, 2.75) is 19.5 Å². The van der Waals surface area contributed by atoms with Crippen molar-refractivity contribution < 1.29 is 29.4 Å². The quantitative estimate of drug-likeness (QED) is 0.412. The van der Waals surface area contributed by atoms with E-state index in [9.17, 15) is 25.1 Å². The van der Waals surface area contributed by atoms with Gasteiger partial charge in [-0.2, -0.15) is 0 Å². The van der Waals surface area contributed by atoms with Crippen molar-refractivity contribution in [3.63, 3.8) is 0 Å². The van der Waals surface area contributed by atoms with Gasteiger partial charge in [0.05, 0.1) is 29.4 Å². The number of aliphatic hydroxyl groups excluding tert-OH is 2. The smallest absolute Gasteiger partial charge is 0.270 e. The number of nitrogens with one attached hydrogen (secondary N) is 1. The fraction of sp³-hybridized carbons (Fsp3) is 0.350. The molecule has 1 unspecified atom stereocenters. The third-order valence-electron chi connectivity index (χ3n) is 4.77. The molecular weight excluding hydrogens is 394 g/mol. The Morgan fingerprint density at radius 1 is 1.23 bits per heavy atom. The summed E-state index contributed by atoms with van der Waals surface area (Å²) in [6.07, 6.45) is 0. The number of anilines is 1. The van der Waals surface area contributed by atoms with Gasteiger partial charge in [0.25, 0.3) is 11.6 Å². The van der Waals surface area contributed by atoms with Crippen molar-refractivity contribution in [2.24, 2.45) is 0 Å². The zero-order valence-electron chi connectivity index (χ0n) is 16.4. The van der Waals surface area contributed by atoms with Gasteiger partial charge in [-0.05, 0) is 30.7 Å². The summed E-state index contributed by atoms with van der Waals surface area (Å²) in [6.45, 7) is 1.78. The summed E-state index contributed by atoms with van der Waals surface area (Å²) in [5, 5.41) is 32.9. The van der Waals surface area contributed by atoms with Crippen LogP contribution in [0.1, 0.15) is 22.8 Å². The first-order chi connectivity index (χ1) is 14.4. The number of non-ortho nitro benzene ring substituents is 1. The van der Waals surface area contributed by atoms with Gasteiger partial charge in [-0.1, -0.05) is 6.07 Å². The first-order valence-corrected chi connectivity index (χ1v) is 9.38. The molecule has 0 aromatic heterocycles. The largest absolute Gasteiger partial charge is 0.454 e. The standard InChI is InChI=1S/C20H23N3O7/c1-13(11-25)22(6-7-24)17-4-3-15(23(27)28)9-16(17)20(26)21-10-14-2-5-18-19(8-14)30-12-29-18/h2-5,8-9,13,24-25H,6-7,10-12H2,1H3,(H,21,26). The molecule has 1 amide bonds. The van der Waals surface area contributed by atoms with Crippen LogP contribution in [-0.2, 0) is 6.54 Å². The minimum absolute atomic E-state index is 0.0821. The number of carbonyl (C=O) groups is 1. The van der Waals surface area contributed by atoms with Crippen LogP contribution in [-0.4, -0.2) is 53.6 Å². The molecule has 1 aliphatic heterocycles. The highest BCUT2D eigenvalue weighted by atomic mass is 16.7. The Morgan fingerprint density at radius 2 is 2.00 bits per heavy atom. The molecular formula is C20H23N3O7. The molecule has 0 spiro atoms. The molecule has 2 aromatic carbocycles. The number of ether oxygens (including phenoxy) is 2. The van der Waals surface area contributed by atoms with Crippen LogP contribution in [0.5, 0.6) is 11.5 Å². The van der Waals surface area contributed by atoms with E-state index >= 15 is 0 Å². The summed E-state index contributed by atoms with van der Waals surface area (Å²) in [4.78, 5) is 25.2. The van der Waals surface area contributed by atoms with Crippen LogP contribution < -0.4 is 19.7 Å². The normalized spacial score (nSPS) is 13.0. The Hall–Kier alpha value is -3.37. The summed E-state index contributed by atoms with van der Waals surface area (Å²) < 4.78 is 10.6. The predicted octanol–water partition coefficient (Wildman–Crippen LogP) is 1.43. The Morgan fingerprint density at radius 3 is 2.70 bits per heavy atom. The summed E-state index contributed by atoms with van der Waals surface area (Å²) in [5.41, 5.74) is 1.01. The molecule has 2 aromatic rings. The number of amides is 1. The van der Waals surface area contributed by atoms with Gasteiger partial charge in [0.15, 0.2) is 11.5 Å². The zero-order valence-corrected chi connectivity index (χ0v) is 16.4. The van der Waals surface area contributed by atoms with E-state index in [-0.39, 0.29) is 44.3 Å². The highest BCUT2D eigenvalue weighted by Crippen LogP contribution is 2.32. The highest BCUT2D eigenvalue weighted by molar-refractivity contribution is 6.00. The van der Waals surface area contributed by atoms with Crippen LogP contribution in [0.15, 0.2) is 36.4 Å². The SMILES string of the molecule is CC(CO)N(CCO)c1ccc([N+](=O)[O-])cc1C(=O)NCc1ccc2c(c1)OCO2. The van der Waals surface area contributed by atoms with E-state index in [1.807, 2.05) is 0 Å². The second kappa shape index (κ2) is 9.42. The predicted molar refractivity (Wildman–Crippen MR) is 108 cm³/mol. The van der Waals surface area contributed by atoms with E-state index in [4.69, 9.17) is 9.47 Å². The van der Waals surface area contributed by atoms with Crippen molar-refractivity contribution >= 4 is 17.3 Å². The fourth-order valence-electron chi connectivity index (χ4n) is 3.18. The van der Waals surface area contributed by atoms with Gasteiger partial charge < -0.3 is 29.9 Å². The van der Waals surface area contributed by atoms with Gasteiger partial charge in [0.2, 0.25) is 6.79 Å². The van der Waals surface area contributed by atoms with Gasteiger partial charge in [0.1, 0.15) is 0 Å². The van der Waals surface area contributed by atoms with Crippen LogP contribution in [0.4, 0.5) is 11.4 Å². The summed E-state index contributed by atoms with van der Waals surface area (Å²) >= 11 is 0. The lowest BCUT2D eigenvalue weighted by atomic mass is 10.1. The summed E-state index contributed by atoms with van der Waals surface area (Å²) in [6, 6.07) is 8.82. The minimum atomic E-state index is -0.579. The van der Waals surface area contributed by atoms with Crippen LogP contribution in [0.25, 0.3) is 0 Å². The van der Waals surface area contributed by atoms with Crippen molar-refractivity contribution in [3.8, 4) is 11.5 Å². The average molecular weight is 417 g/mol. The topological polar surface area (TPSA) is 134 Å². The number of nitrogens with zero attached hydrogens (tertiary/aromatic N) is 2. The van der Waals surface area contributed by atoms with Crippen LogP contribution in [0.2, 0.25) is 0 Å². The lowest BCUT2D eigenvalue weighted by Crippen LogP contribution is -2.39. The van der Waals surface area contributed by atoms with Gasteiger partial charge in [-0.25, -0.2) is 0 Å². The summed E-state index contributed by atoms with van der Waals surface area (Å²) in [5.74, 6) is 0.701. The van der Waals surface area contributed by atoms with Crippen molar-refractivity contribution in [3.05, 3.63) is 57.6 Å². The fourth-order valence-corrected chi connectivity index (χ4v) is 3.18. The first-order valence-electron chi connectivity index (χ1n) is 9.38. The molecule has 3 N–H and O–H groups in total. The number of carbonyl (C=O) groups excluding carboxylic acids is 1. The molecule has 0 saturated carbocycles. The minimum Gasteiger partial charge on any atom is -0.454 e. The number of fused-ring (bicyclic) bond motifs is 1. The molecule has 0 fully saturated rings. The number of nitro groups is 1. The molecule has 30 heavy (non-hydrogen) atoms. The Balaban J connectivity index is 1.86. The molecule has 0 aliphatic carbocycles. The molecule has 3 rings (SSSR count). The average Bonchev–Trinajstić information content (AvgIpc) is 3.22. The van der Waals surface area contributed by atoms with Gasteiger partial charge in [0, 0.05) is 31.3 Å². The third-order valence-corrected chi connectivity index (χ3v) is 4.77. The molecule has 10 heteroatoms. The highest BCUT2D eigenvalue weighted by Gasteiger charge is 2.23. The van der Waals surface area contributed by atoms with Crippen molar-refractivity contribution in [1.82, 2.24) is 5.32 Å². The monoisotopic (exact) mass is 417 g/mol. The van der Waals surface area contributed by atoms with Gasteiger partial charge >= 0.3 is 0 Å². The van der Waals surface area contributed by atoms with E-state index in [0.717, 1.165) is 5.56 Å². The number of hydrogen-bond donors (Lipinski definition) is 3. The number of nitro benzene ring substituents is 1. The van der Waals surface area contributed by atoms with E-state index in [2.05, 4.69) is 5.32 Å². The first kappa shape index (κ1) is 21.3. The van der Waals surface area contributed by atoms with E-state index < -0.39 is 16.9 Å². The molecule has 0 bridgehead atoms. The number of hydrogen-bond acceptors (Lipinski definition) is 8. The number of aliphatic hydroxyl groups is 2. The molecule has 10 nitrogen and oxygen atoms in total. The maximum atomic E-state index is 12.9. The lowest BCUT2D eigenvalue weighted by Gasteiger charge is -2.31. The summed E-state index contributed by atoms with van der Waals surface area (Å²) in [7, 11) is 0. The zero-order chi connectivity index (χ0) is 21.7. The van der Waals surface area contributed by atoms with Crippen molar-refractivity contribution in [1.29, 1.82) is 0 Å². The molecule has 1 heterocycles. The second-order valence-electron chi connectivity index (χ2n) is 6.78. The Labute approximate surface area is 172 Å². The number of rotatable bonds is 9. The van der Waals surface area contributed by atoms with Gasteiger partial charge in [-0.3, -0.25) is 14.9 Å². The van der Waals surface area contributed by atoms with Crippen molar-refractivity contribution in [2.75, 3.05) is 31.5 Å². The molecule has 0 radical (unpaired) electrons. The molecule has 0 saturated heterocycles. The van der Waals surface area contributed by atoms with E-state index in [1.165, 1.54) is 18.2 Å². The maximum Gasteiger partial charge on any atom is 0.270 e.